The van der Waals surface area contributed by atoms with Crippen LogP contribution in [0.3, 0.4) is 0 Å². The fourth-order valence-electron chi connectivity index (χ4n) is 4.56. The average Bonchev–Trinajstić information content (AvgIpc) is 3.13. The third-order valence-corrected chi connectivity index (χ3v) is 6.86. The van der Waals surface area contributed by atoms with Gasteiger partial charge in [0.05, 0.1) is 37.1 Å². The van der Waals surface area contributed by atoms with E-state index >= 15 is 0 Å². The van der Waals surface area contributed by atoms with Crippen molar-refractivity contribution < 1.29 is 19.1 Å². The van der Waals surface area contributed by atoms with Crippen LogP contribution in [0.25, 0.3) is 0 Å². The van der Waals surface area contributed by atoms with Gasteiger partial charge in [0, 0.05) is 36.2 Å². The molecule has 184 valence electrons. The van der Waals surface area contributed by atoms with Crippen LogP contribution >= 0.6 is 23.2 Å². The van der Waals surface area contributed by atoms with Gasteiger partial charge < -0.3 is 20.3 Å². The van der Waals surface area contributed by atoms with Gasteiger partial charge in [0.25, 0.3) is 5.91 Å². The lowest BCUT2D eigenvalue weighted by Gasteiger charge is -2.33. The van der Waals surface area contributed by atoms with Crippen molar-refractivity contribution in [3.8, 4) is 0 Å². The molecule has 0 radical (unpaired) electrons. The number of rotatable bonds is 8. The zero-order valence-corrected chi connectivity index (χ0v) is 20.6. The van der Waals surface area contributed by atoms with Crippen LogP contribution in [0.5, 0.6) is 0 Å². The minimum Gasteiger partial charge on any atom is -0.379 e. The summed E-state index contributed by atoms with van der Waals surface area (Å²) in [5.74, 6) is -0.508. The molecule has 4 amide bonds. The molecule has 11 heteroatoms. The molecule has 0 aromatic heterocycles. The molecule has 34 heavy (non-hydrogen) atoms. The van der Waals surface area contributed by atoms with E-state index in [2.05, 4.69) is 15.5 Å². The molecular formula is C23H29Cl2N5O4. The summed E-state index contributed by atoms with van der Waals surface area (Å²) >= 11 is 12.4. The van der Waals surface area contributed by atoms with Crippen LogP contribution < -0.4 is 10.6 Å². The minimum atomic E-state index is -0.704. The summed E-state index contributed by atoms with van der Waals surface area (Å²) in [4.78, 5) is 44.0. The molecule has 3 heterocycles. The van der Waals surface area contributed by atoms with E-state index in [1.807, 2.05) is 6.92 Å². The van der Waals surface area contributed by atoms with Gasteiger partial charge in [0.1, 0.15) is 6.54 Å². The quantitative estimate of drug-likeness (QED) is 0.522. The van der Waals surface area contributed by atoms with Gasteiger partial charge in [0.2, 0.25) is 5.91 Å². The standard InChI is InChI=1S/C23H29Cl2N5O4/c1-2-30-18-13-29(14-19(31)26-6-3-7-28-8-10-34-11-9-28)22(32)20(18)21(27-23(30)33)16-5-4-15(24)12-17(16)25/h4-5,12,21H,2-3,6-11,13-14H2,1H3,(H,26,31)(H,27,33). The summed E-state index contributed by atoms with van der Waals surface area (Å²) in [6.45, 7) is 7.11. The number of urea groups is 1. The summed E-state index contributed by atoms with van der Waals surface area (Å²) in [5, 5.41) is 6.61. The molecule has 1 aromatic carbocycles. The highest BCUT2D eigenvalue weighted by Gasteiger charge is 2.44. The van der Waals surface area contributed by atoms with Gasteiger partial charge in [-0.1, -0.05) is 29.3 Å². The number of morpholine rings is 1. The van der Waals surface area contributed by atoms with E-state index in [4.69, 9.17) is 27.9 Å². The topological polar surface area (TPSA) is 94.2 Å². The number of amides is 4. The molecule has 2 N–H and O–H groups in total. The third kappa shape index (κ3) is 5.33. The first-order valence-corrected chi connectivity index (χ1v) is 12.3. The van der Waals surface area contributed by atoms with Crippen molar-refractivity contribution in [3.05, 3.63) is 45.1 Å². The lowest BCUT2D eigenvalue weighted by Crippen LogP contribution is -2.47. The molecule has 3 aliphatic rings. The maximum Gasteiger partial charge on any atom is 0.322 e. The van der Waals surface area contributed by atoms with Gasteiger partial charge in [-0.2, -0.15) is 0 Å². The van der Waals surface area contributed by atoms with Gasteiger partial charge in [-0.25, -0.2) is 4.79 Å². The number of ether oxygens (including phenoxy) is 1. The summed E-state index contributed by atoms with van der Waals surface area (Å²) < 4.78 is 5.34. The van der Waals surface area contributed by atoms with Crippen molar-refractivity contribution in [1.82, 2.24) is 25.3 Å². The highest BCUT2D eigenvalue weighted by Crippen LogP contribution is 2.39. The molecule has 0 saturated carbocycles. The monoisotopic (exact) mass is 509 g/mol. The molecule has 0 spiro atoms. The Bertz CT molecular complexity index is 996. The van der Waals surface area contributed by atoms with Crippen LogP contribution in [0, 0.1) is 0 Å². The fourth-order valence-corrected chi connectivity index (χ4v) is 5.08. The number of halogens is 2. The number of likely N-dealkylation sites (N-methyl/N-ethyl adjacent to an activating group) is 1. The number of nitrogens with one attached hydrogen (secondary N) is 2. The Morgan fingerprint density at radius 1 is 1.24 bits per heavy atom. The van der Waals surface area contributed by atoms with Gasteiger partial charge >= 0.3 is 6.03 Å². The van der Waals surface area contributed by atoms with Crippen LogP contribution in [0.1, 0.15) is 24.9 Å². The van der Waals surface area contributed by atoms with E-state index in [-0.39, 0.29) is 30.9 Å². The lowest BCUT2D eigenvalue weighted by molar-refractivity contribution is -0.131. The van der Waals surface area contributed by atoms with Crippen molar-refractivity contribution in [3.63, 3.8) is 0 Å². The van der Waals surface area contributed by atoms with E-state index < -0.39 is 6.04 Å². The summed E-state index contributed by atoms with van der Waals surface area (Å²) in [5.41, 5.74) is 1.63. The normalized spacial score (nSPS) is 21.1. The molecule has 1 unspecified atom stereocenters. The van der Waals surface area contributed by atoms with Crippen LogP contribution in [-0.2, 0) is 14.3 Å². The Balaban J connectivity index is 1.40. The number of hydrogen-bond acceptors (Lipinski definition) is 5. The number of carbonyl (C=O) groups is 3. The average molecular weight is 510 g/mol. The number of nitrogens with zero attached hydrogens (tertiary/aromatic N) is 3. The van der Waals surface area contributed by atoms with Crippen molar-refractivity contribution in [2.45, 2.75) is 19.4 Å². The smallest absolute Gasteiger partial charge is 0.322 e. The van der Waals surface area contributed by atoms with Crippen LogP contribution in [0.4, 0.5) is 4.79 Å². The van der Waals surface area contributed by atoms with Crippen molar-refractivity contribution >= 4 is 41.0 Å². The third-order valence-electron chi connectivity index (χ3n) is 6.30. The molecule has 4 rings (SSSR count). The molecule has 1 atom stereocenters. The molecule has 1 fully saturated rings. The largest absolute Gasteiger partial charge is 0.379 e. The molecule has 0 bridgehead atoms. The number of carbonyl (C=O) groups excluding carboxylic acids is 3. The maximum absolute atomic E-state index is 13.4. The Kier molecular flexibility index (Phi) is 7.98. The SMILES string of the molecule is CCN1C(=O)NC(c2ccc(Cl)cc2Cl)C2=C1CN(CC(=O)NCCCN1CCOCC1)C2=O. The van der Waals surface area contributed by atoms with Crippen molar-refractivity contribution in [2.75, 3.05) is 59.0 Å². The molecule has 3 aliphatic heterocycles. The maximum atomic E-state index is 13.4. The Labute approximate surface area is 209 Å². The highest BCUT2D eigenvalue weighted by molar-refractivity contribution is 6.35. The second kappa shape index (κ2) is 10.9. The molecular weight excluding hydrogens is 481 g/mol. The molecule has 9 nitrogen and oxygen atoms in total. The Morgan fingerprint density at radius 2 is 2.00 bits per heavy atom. The predicted molar refractivity (Wildman–Crippen MR) is 129 cm³/mol. The fraction of sp³-hybridized carbons (Fsp3) is 0.522. The van der Waals surface area contributed by atoms with E-state index in [0.29, 0.717) is 40.0 Å². The second-order valence-electron chi connectivity index (χ2n) is 8.47. The van der Waals surface area contributed by atoms with Crippen molar-refractivity contribution in [2.24, 2.45) is 0 Å². The van der Waals surface area contributed by atoms with E-state index in [1.165, 1.54) is 9.80 Å². The second-order valence-corrected chi connectivity index (χ2v) is 9.32. The van der Waals surface area contributed by atoms with E-state index in [1.54, 1.807) is 18.2 Å². The Hall–Kier alpha value is -2.33. The van der Waals surface area contributed by atoms with E-state index in [0.717, 1.165) is 39.3 Å². The zero-order chi connectivity index (χ0) is 24.2. The van der Waals surface area contributed by atoms with Gasteiger partial charge in [-0.3, -0.25) is 19.4 Å². The number of benzene rings is 1. The number of hydrogen-bond donors (Lipinski definition) is 2. The van der Waals surface area contributed by atoms with Crippen LogP contribution in [0.2, 0.25) is 10.0 Å². The van der Waals surface area contributed by atoms with Gasteiger partial charge in [-0.15, -0.1) is 0 Å². The Morgan fingerprint density at radius 3 is 2.71 bits per heavy atom. The zero-order valence-electron chi connectivity index (χ0n) is 19.1. The van der Waals surface area contributed by atoms with Crippen LogP contribution in [-0.4, -0.2) is 91.6 Å². The first-order chi connectivity index (χ1) is 16.4. The van der Waals surface area contributed by atoms with Crippen molar-refractivity contribution in [1.29, 1.82) is 0 Å². The first-order valence-electron chi connectivity index (χ1n) is 11.5. The predicted octanol–water partition coefficient (Wildman–Crippen LogP) is 2.01. The van der Waals surface area contributed by atoms with Gasteiger partial charge in [0.15, 0.2) is 0 Å². The molecule has 1 aromatic rings. The van der Waals surface area contributed by atoms with Gasteiger partial charge in [-0.05, 0) is 37.6 Å². The minimum absolute atomic E-state index is 0.0732. The lowest BCUT2D eigenvalue weighted by atomic mass is 9.95. The summed E-state index contributed by atoms with van der Waals surface area (Å²) in [7, 11) is 0. The summed E-state index contributed by atoms with van der Waals surface area (Å²) in [6, 6.07) is 3.95. The van der Waals surface area contributed by atoms with Crippen LogP contribution in [0.15, 0.2) is 29.5 Å². The first kappa shape index (κ1) is 24.8. The highest BCUT2D eigenvalue weighted by atomic mass is 35.5. The molecule has 0 aliphatic carbocycles. The van der Waals surface area contributed by atoms with E-state index in [9.17, 15) is 14.4 Å². The molecule has 1 saturated heterocycles. The summed E-state index contributed by atoms with van der Waals surface area (Å²) in [6.07, 6.45) is 0.827.